The topological polar surface area (TPSA) is 154 Å². The second-order valence-corrected chi connectivity index (χ2v) is 11.5. The van der Waals surface area contributed by atoms with Gasteiger partial charge < -0.3 is 24.3 Å². The van der Waals surface area contributed by atoms with Gasteiger partial charge in [-0.25, -0.2) is 47.1 Å². The van der Waals surface area contributed by atoms with Gasteiger partial charge in [0.15, 0.2) is 12.3 Å². The Hall–Kier alpha value is -4.57. The second-order valence-electron chi connectivity index (χ2n) is 11.5. The van der Waals surface area contributed by atoms with Crippen LogP contribution in [-0.4, -0.2) is 81.0 Å². The molecule has 1 aliphatic rings. The molecule has 17 heteroatoms. The maximum atomic E-state index is 15.8. The van der Waals surface area contributed by atoms with Gasteiger partial charge >= 0.3 is 18.2 Å². The molecule has 2 aromatic heterocycles. The summed E-state index contributed by atoms with van der Waals surface area (Å²) in [4.78, 5) is 54.6. The molecule has 0 fully saturated rings. The molecular formula is C27H32F4N6O7. The number of alkyl halides is 3. The highest BCUT2D eigenvalue weighted by Crippen LogP contribution is 2.39. The summed E-state index contributed by atoms with van der Waals surface area (Å²) in [5.74, 6) is -2.49. The number of imide groups is 1. The molecule has 2 aromatic rings. The number of amides is 3. The summed E-state index contributed by atoms with van der Waals surface area (Å²) in [7, 11) is 0. The van der Waals surface area contributed by atoms with Crippen LogP contribution in [0.4, 0.5) is 33.0 Å². The molecule has 0 saturated heterocycles. The number of aromatic nitrogens is 3. The third-order valence-electron chi connectivity index (χ3n) is 5.57. The Morgan fingerprint density at radius 2 is 1.64 bits per heavy atom. The first kappa shape index (κ1) is 33.9. The summed E-state index contributed by atoms with van der Waals surface area (Å²) in [5, 5.41) is 2.33. The lowest BCUT2D eigenvalue weighted by Gasteiger charge is -2.39. The van der Waals surface area contributed by atoms with E-state index in [4.69, 9.17) is 14.2 Å². The highest BCUT2D eigenvalue weighted by atomic mass is 19.1. The number of carbonyl (C=O) groups excluding carboxylic acids is 3. The average Bonchev–Trinajstić information content (AvgIpc) is 2.90. The normalized spacial score (nSPS) is 20.1. The minimum Gasteiger partial charge on any atom is -0.455 e. The Labute approximate surface area is 250 Å². The molecule has 0 aromatic carbocycles. The van der Waals surface area contributed by atoms with Crippen LogP contribution in [0.15, 0.2) is 29.5 Å². The van der Waals surface area contributed by atoms with E-state index in [1.807, 2.05) is 0 Å². The third-order valence-corrected chi connectivity index (χ3v) is 5.57. The highest BCUT2D eigenvalue weighted by molar-refractivity contribution is 6.06. The van der Waals surface area contributed by atoms with E-state index in [2.05, 4.69) is 30.0 Å². The third kappa shape index (κ3) is 8.08. The number of anilines is 1. The number of carbonyl (C=O) groups is 3. The molecule has 0 bridgehead atoms. The van der Waals surface area contributed by atoms with E-state index < -0.39 is 78.2 Å². The number of hydrogen-bond acceptors (Lipinski definition) is 11. The number of pyridine rings is 1. The van der Waals surface area contributed by atoms with Crippen LogP contribution in [0.3, 0.4) is 0 Å². The summed E-state index contributed by atoms with van der Waals surface area (Å²) in [6.45, 7) is 7.42. The largest absolute Gasteiger partial charge is 0.455 e. The van der Waals surface area contributed by atoms with Crippen molar-refractivity contribution in [2.45, 2.75) is 77.5 Å². The molecule has 0 spiro atoms. The quantitative estimate of drug-likeness (QED) is 0.431. The summed E-state index contributed by atoms with van der Waals surface area (Å²) in [6, 6.07) is 0.953. The van der Waals surface area contributed by atoms with Crippen LogP contribution >= 0.6 is 0 Å². The van der Waals surface area contributed by atoms with Crippen molar-refractivity contribution < 1.29 is 50.9 Å². The first-order valence-corrected chi connectivity index (χ1v) is 13.1. The Kier molecular flexibility index (Phi) is 10.0. The van der Waals surface area contributed by atoms with Crippen molar-refractivity contribution in [1.82, 2.24) is 19.9 Å². The van der Waals surface area contributed by atoms with E-state index in [0.717, 1.165) is 31.5 Å². The van der Waals surface area contributed by atoms with Crippen LogP contribution < -0.4 is 10.1 Å². The standard InChI is InChI=1S/C27H32F4N6O7/c1-25(2,3)43-23(39)37(24(40)44-26(4,5)6)22-36-27(7,19(31)16(10-28)42-22)20-14(30)8-9-17(34-20)35-21(38)15-11-33-18(12-32-15)41-13-29/h8-9,11-12,16,19H,10,13H2,1-7H3,(H,34,35,38)/t16-,19+,27+/m1/s1. The molecule has 44 heavy (non-hydrogen) atoms. The predicted molar refractivity (Wildman–Crippen MR) is 146 cm³/mol. The van der Waals surface area contributed by atoms with Crippen LogP contribution in [0.25, 0.3) is 0 Å². The van der Waals surface area contributed by atoms with E-state index in [-0.39, 0.29) is 22.3 Å². The summed E-state index contributed by atoms with van der Waals surface area (Å²) >= 11 is 0. The zero-order valence-electron chi connectivity index (χ0n) is 25.0. The maximum absolute atomic E-state index is 15.8. The van der Waals surface area contributed by atoms with Crippen molar-refractivity contribution in [3.8, 4) is 5.88 Å². The van der Waals surface area contributed by atoms with Crippen molar-refractivity contribution in [1.29, 1.82) is 0 Å². The molecule has 240 valence electrons. The van der Waals surface area contributed by atoms with Gasteiger partial charge in [-0.1, -0.05) is 0 Å². The van der Waals surface area contributed by atoms with Gasteiger partial charge in [-0.05, 0) is 60.6 Å². The van der Waals surface area contributed by atoms with E-state index >= 15 is 8.78 Å². The molecule has 3 rings (SSSR count). The molecule has 3 atom stereocenters. The number of nitrogens with zero attached hydrogens (tertiary/aromatic N) is 5. The lowest BCUT2D eigenvalue weighted by Crippen LogP contribution is -2.56. The SMILES string of the molecule is CC(C)(C)OC(=O)N(C(=O)OC(C)(C)C)C1=N[C@](C)(c2nc(NC(=O)c3cnc(OCF)cn3)ccc2F)[C@@H](F)[C@@H](CF)O1. The molecule has 13 nitrogen and oxygen atoms in total. The molecule has 0 aliphatic carbocycles. The fourth-order valence-corrected chi connectivity index (χ4v) is 3.70. The zero-order chi connectivity index (χ0) is 33.0. The number of hydrogen-bond donors (Lipinski definition) is 1. The maximum Gasteiger partial charge on any atom is 0.428 e. The lowest BCUT2D eigenvalue weighted by atomic mass is 9.87. The van der Waals surface area contributed by atoms with E-state index in [1.165, 1.54) is 41.5 Å². The predicted octanol–water partition coefficient (Wildman–Crippen LogP) is 5.02. The molecule has 1 N–H and O–H groups in total. The van der Waals surface area contributed by atoms with Gasteiger partial charge in [-0.2, -0.15) is 0 Å². The molecule has 3 amide bonds. The van der Waals surface area contributed by atoms with Gasteiger partial charge in [-0.3, -0.25) is 4.79 Å². The van der Waals surface area contributed by atoms with E-state index in [1.54, 1.807) is 0 Å². The number of nitrogens with one attached hydrogen (secondary N) is 1. The van der Waals surface area contributed by atoms with Gasteiger partial charge in [0.25, 0.3) is 5.91 Å². The fraction of sp³-hybridized carbons (Fsp3) is 0.519. The summed E-state index contributed by atoms with van der Waals surface area (Å²) < 4.78 is 77.8. The molecule has 0 saturated carbocycles. The molecule has 0 radical (unpaired) electrons. The smallest absolute Gasteiger partial charge is 0.428 e. The van der Waals surface area contributed by atoms with Crippen molar-refractivity contribution in [3.63, 3.8) is 0 Å². The first-order valence-electron chi connectivity index (χ1n) is 13.1. The summed E-state index contributed by atoms with van der Waals surface area (Å²) in [6.07, 6.45) is -5.12. The number of rotatable bonds is 6. The molecule has 3 heterocycles. The van der Waals surface area contributed by atoms with Crippen molar-refractivity contribution in [2.24, 2.45) is 4.99 Å². The zero-order valence-corrected chi connectivity index (χ0v) is 25.0. The van der Waals surface area contributed by atoms with Crippen LogP contribution in [0.5, 0.6) is 5.88 Å². The minimum absolute atomic E-state index is 0.185. The van der Waals surface area contributed by atoms with Crippen molar-refractivity contribution >= 4 is 29.9 Å². The van der Waals surface area contributed by atoms with Gasteiger partial charge in [-0.15, -0.1) is 4.90 Å². The number of halogens is 4. The van der Waals surface area contributed by atoms with Gasteiger partial charge in [0.1, 0.15) is 46.4 Å². The van der Waals surface area contributed by atoms with E-state index in [0.29, 0.717) is 0 Å². The lowest BCUT2D eigenvalue weighted by molar-refractivity contribution is -0.0222. The monoisotopic (exact) mass is 628 g/mol. The van der Waals surface area contributed by atoms with Gasteiger partial charge in [0.2, 0.25) is 12.7 Å². The molecule has 0 unspecified atom stereocenters. The van der Waals surface area contributed by atoms with Crippen LogP contribution in [-0.2, 0) is 19.7 Å². The van der Waals surface area contributed by atoms with Crippen molar-refractivity contribution in [2.75, 3.05) is 18.9 Å². The van der Waals surface area contributed by atoms with Crippen LogP contribution in [0, 0.1) is 5.82 Å². The molecular weight excluding hydrogens is 596 g/mol. The Morgan fingerprint density at radius 3 is 2.14 bits per heavy atom. The van der Waals surface area contributed by atoms with Crippen LogP contribution in [0.1, 0.15) is 64.6 Å². The highest BCUT2D eigenvalue weighted by Gasteiger charge is 2.52. The number of aliphatic imine (C=N–C) groups is 1. The average molecular weight is 629 g/mol. The van der Waals surface area contributed by atoms with E-state index in [9.17, 15) is 23.2 Å². The Morgan fingerprint density at radius 1 is 1.02 bits per heavy atom. The minimum atomic E-state index is -2.41. The number of amidine groups is 1. The number of ether oxygens (including phenoxy) is 4. The van der Waals surface area contributed by atoms with Gasteiger partial charge in [0.05, 0.1) is 12.4 Å². The fourth-order valence-electron chi connectivity index (χ4n) is 3.70. The van der Waals surface area contributed by atoms with Gasteiger partial charge in [0, 0.05) is 0 Å². The Bertz CT molecular complexity index is 1390. The first-order chi connectivity index (χ1) is 20.4. The van der Waals surface area contributed by atoms with Crippen LogP contribution in [0.2, 0.25) is 0 Å². The summed E-state index contributed by atoms with van der Waals surface area (Å²) in [5.41, 5.74) is -5.67. The second kappa shape index (κ2) is 13.0. The molecule has 1 aliphatic heterocycles. The Balaban J connectivity index is 2.07. The van der Waals surface area contributed by atoms with Crippen molar-refractivity contribution in [3.05, 3.63) is 41.7 Å².